The van der Waals surface area contributed by atoms with Crippen molar-refractivity contribution < 1.29 is 4.42 Å². The van der Waals surface area contributed by atoms with Crippen LogP contribution in [0.5, 0.6) is 0 Å². The molecule has 2 aromatic heterocycles. The molecule has 2 heterocycles. The second-order valence-corrected chi connectivity index (χ2v) is 12.6. The zero-order chi connectivity index (χ0) is 32.3. The van der Waals surface area contributed by atoms with Crippen LogP contribution >= 0.6 is 0 Å². The molecule has 0 fully saturated rings. The zero-order valence-corrected chi connectivity index (χ0v) is 26.5. The van der Waals surface area contributed by atoms with E-state index in [-0.39, 0.29) is 0 Å². The molecule has 0 aliphatic rings. The molecule has 0 spiro atoms. The molecule has 0 atom stereocenters. The lowest BCUT2D eigenvalue weighted by Crippen LogP contribution is -1.96. The molecule has 0 aliphatic heterocycles. The van der Waals surface area contributed by atoms with Crippen molar-refractivity contribution in [1.82, 2.24) is 9.97 Å². The molecule has 0 amide bonds. The molecule has 8 aromatic carbocycles. The summed E-state index contributed by atoms with van der Waals surface area (Å²) in [7, 11) is 0. The van der Waals surface area contributed by atoms with E-state index in [0.717, 1.165) is 55.6 Å². The molecule has 0 unspecified atom stereocenters. The van der Waals surface area contributed by atoms with Gasteiger partial charge in [0.15, 0.2) is 5.82 Å². The van der Waals surface area contributed by atoms with Gasteiger partial charge in [0, 0.05) is 27.5 Å². The van der Waals surface area contributed by atoms with Gasteiger partial charge in [0.1, 0.15) is 11.2 Å². The quantitative estimate of drug-likeness (QED) is 0.183. The van der Waals surface area contributed by atoms with Crippen molar-refractivity contribution in [2.75, 3.05) is 0 Å². The number of benzene rings is 8. The van der Waals surface area contributed by atoms with Gasteiger partial charge < -0.3 is 4.42 Å². The second kappa shape index (κ2) is 11.0. The summed E-state index contributed by atoms with van der Waals surface area (Å²) in [6, 6.07) is 59.6. The van der Waals surface area contributed by atoms with Crippen LogP contribution in [0.25, 0.3) is 99.3 Å². The number of hydrogen-bond acceptors (Lipinski definition) is 3. The van der Waals surface area contributed by atoms with Gasteiger partial charge in [-0.05, 0) is 85.9 Å². The smallest absolute Gasteiger partial charge is 0.160 e. The highest BCUT2D eigenvalue weighted by molar-refractivity contribution is 6.28. The maximum absolute atomic E-state index is 6.52. The van der Waals surface area contributed by atoms with Crippen molar-refractivity contribution in [1.29, 1.82) is 0 Å². The third-order valence-electron chi connectivity index (χ3n) is 9.65. The van der Waals surface area contributed by atoms with Crippen molar-refractivity contribution in [3.63, 3.8) is 0 Å². The van der Waals surface area contributed by atoms with Crippen molar-refractivity contribution in [3.05, 3.63) is 170 Å². The van der Waals surface area contributed by atoms with Crippen LogP contribution in [0.1, 0.15) is 0 Å². The molecule has 49 heavy (non-hydrogen) atoms. The van der Waals surface area contributed by atoms with E-state index in [4.69, 9.17) is 14.4 Å². The lowest BCUT2D eigenvalue weighted by atomic mass is 9.93. The van der Waals surface area contributed by atoms with Crippen molar-refractivity contribution in [2.24, 2.45) is 0 Å². The van der Waals surface area contributed by atoms with E-state index in [9.17, 15) is 0 Å². The van der Waals surface area contributed by atoms with Gasteiger partial charge in [0.25, 0.3) is 0 Å². The molecule has 0 aliphatic carbocycles. The summed E-state index contributed by atoms with van der Waals surface area (Å²) in [5, 5.41) is 9.59. The molecular formula is C46H28N2O. The van der Waals surface area contributed by atoms with E-state index in [2.05, 4.69) is 146 Å². The van der Waals surface area contributed by atoms with Crippen LogP contribution < -0.4 is 0 Å². The van der Waals surface area contributed by atoms with Gasteiger partial charge in [0.05, 0.1) is 11.4 Å². The Balaban J connectivity index is 1.18. The lowest BCUT2D eigenvalue weighted by molar-refractivity contribution is 0.669. The van der Waals surface area contributed by atoms with E-state index in [0.29, 0.717) is 5.82 Å². The Morgan fingerprint density at radius 1 is 0.286 bits per heavy atom. The number of rotatable bonds is 4. The predicted octanol–water partition coefficient (Wildman–Crippen LogP) is 12.5. The average Bonchev–Trinajstić information content (AvgIpc) is 3.55. The second-order valence-electron chi connectivity index (χ2n) is 12.6. The van der Waals surface area contributed by atoms with Crippen LogP contribution in [0.2, 0.25) is 0 Å². The first-order valence-corrected chi connectivity index (χ1v) is 16.6. The summed E-state index contributed by atoms with van der Waals surface area (Å²) in [5.41, 5.74) is 8.84. The van der Waals surface area contributed by atoms with Crippen molar-refractivity contribution in [3.8, 4) is 45.0 Å². The number of nitrogens with zero attached hydrogens (tertiary/aromatic N) is 2. The minimum Gasteiger partial charge on any atom is -0.456 e. The average molecular weight is 625 g/mol. The Kier molecular flexibility index (Phi) is 6.18. The monoisotopic (exact) mass is 624 g/mol. The molecule has 228 valence electrons. The van der Waals surface area contributed by atoms with Crippen LogP contribution in [0.4, 0.5) is 0 Å². The van der Waals surface area contributed by atoms with E-state index < -0.39 is 0 Å². The first-order chi connectivity index (χ1) is 24.3. The number of furan rings is 1. The van der Waals surface area contributed by atoms with E-state index >= 15 is 0 Å². The molecule has 3 heteroatoms. The predicted molar refractivity (Wildman–Crippen MR) is 204 cm³/mol. The van der Waals surface area contributed by atoms with Crippen molar-refractivity contribution >= 4 is 54.3 Å². The fourth-order valence-electron chi connectivity index (χ4n) is 7.28. The van der Waals surface area contributed by atoms with Crippen LogP contribution in [-0.2, 0) is 0 Å². The maximum Gasteiger partial charge on any atom is 0.160 e. The van der Waals surface area contributed by atoms with Crippen molar-refractivity contribution in [2.45, 2.75) is 0 Å². The SMILES string of the molecule is c1ccc(-c2cccc(-c3cc(-c4ccc5oc6cc7c8ccccc8c8ccccc8c7cc6c5c4)nc(-c4ccccc4)n3)c2)cc1. The first kappa shape index (κ1) is 27.5. The highest BCUT2D eigenvalue weighted by atomic mass is 16.3. The Hall–Kier alpha value is -6.58. The normalized spacial score (nSPS) is 11.7. The summed E-state index contributed by atoms with van der Waals surface area (Å²) in [5.74, 6) is 0.694. The molecule has 0 saturated carbocycles. The summed E-state index contributed by atoms with van der Waals surface area (Å²) in [6.45, 7) is 0. The van der Waals surface area contributed by atoms with Gasteiger partial charge in [-0.25, -0.2) is 9.97 Å². The zero-order valence-electron chi connectivity index (χ0n) is 26.5. The van der Waals surface area contributed by atoms with Gasteiger partial charge in [0.2, 0.25) is 0 Å². The highest BCUT2D eigenvalue weighted by Gasteiger charge is 2.16. The number of fused-ring (bicyclic) bond motifs is 9. The molecule has 0 radical (unpaired) electrons. The Morgan fingerprint density at radius 2 is 0.796 bits per heavy atom. The molecule has 3 nitrogen and oxygen atoms in total. The number of aromatic nitrogens is 2. The van der Waals surface area contributed by atoms with Gasteiger partial charge >= 0.3 is 0 Å². The lowest BCUT2D eigenvalue weighted by Gasteiger charge is -2.11. The molecule has 0 saturated heterocycles. The molecule has 0 N–H and O–H groups in total. The topological polar surface area (TPSA) is 38.9 Å². The molecule has 0 bridgehead atoms. The van der Waals surface area contributed by atoms with Gasteiger partial charge in [-0.15, -0.1) is 0 Å². The summed E-state index contributed by atoms with van der Waals surface area (Å²) < 4.78 is 6.52. The van der Waals surface area contributed by atoms with Gasteiger partial charge in [-0.1, -0.05) is 127 Å². The molecule has 10 aromatic rings. The fraction of sp³-hybridized carbons (Fsp3) is 0. The molecular weight excluding hydrogens is 597 g/mol. The Morgan fingerprint density at radius 3 is 1.47 bits per heavy atom. The van der Waals surface area contributed by atoms with Gasteiger partial charge in [-0.2, -0.15) is 0 Å². The van der Waals surface area contributed by atoms with E-state index in [1.54, 1.807) is 0 Å². The minimum atomic E-state index is 0.694. The highest BCUT2D eigenvalue weighted by Crippen LogP contribution is 2.41. The van der Waals surface area contributed by atoms with Gasteiger partial charge in [-0.3, -0.25) is 0 Å². The fourth-order valence-corrected chi connectivity index (χ4v) is 7.28. The van der Waals surface area contributed by atoms with Crippen LogP contribution in [0.15, 0.2) is 174 Å². The maximum atomic E-state index is 6.52. The van der Waals surface area contributed by atoms with E-state index in [1.807, 2.05) is 24.3 Å². The van der Waals surface area contributed by atoms with Crippen LogP contribution in [-0.4, -0.2) is 9.97 Å². The summed E-state index contributed by atoms with van der Waals surface area (Å²) in [6.07, 6.45) is 0. The largest absolute Gasteiger partial charge is 0.456 e. The third kappa shape index (κ3) is 4.59. The Bertz CT molecular complexity index is 2870. The summed E-state index contributed by atoms with van der Waals surface area (Å²) in [4.78, 5) is 10.2. The van der Waals surface area contributed by atoms with Crippen LogP contribution in [0.3, 0.4) is 0 Å². The first-order valence-electron chi connectivity index (χ1n) is 16.6. The standard InChI is InChI=1S/C46H28N2O/c1-3-12-29(13-4-1)31-16-11-17-32(24-31)42-28-43(48-46(47-42)30-14-5-2-6-15-30)33-22-23-44-40(25-33)41-26-38-36-20-9-7-18-34(36)35-19-8-10-21-37(35)39(38)27-45(41)49-44/h1-28H. The number of hydrogen-bond donors (Lipinski definition) is 0. The summed E-state index contributed by atoms with van der Waals surface area (Å²) >= 11 is 0. The Labute approximate surface area is 282 Å². The third-order valence-corrected chi connectivity index (χ3v) is 9.65. The van der Waals surface area contributed by atoms with Crippen LogP contribution in [0, 0.1) is 0 Å². The molecule has 10 rings (SSSR count). The minimum absolute atomic E-state index is 0.694. The van der Waals surface area contributed by atoms with E-state index in [1.165, 1.54) is 37.9 Å².